The lowest BCUT2D eigenvalue weighted by atomic mass is 10.0. The molecule has 0 saturated carbocycles. The van der Waals surface area contributed by atoms with E-state index in [0.29, 0.717) is 18.2 Å². The smallest absolute Gasteiger partial charge is 0.162 e. The quantitative estimate of drug-likeness (QED) is 0.845. The summed E-state index contributed by atoms with van der Waals surface area (Å²) in [5.41, 5.74) is 1.24. The van der Waals surface area contributed by atoms with Crippen molar-refractivity contribution in [3.05, 3.63) is 34.9 Å². The van der Waals surface area contributed by atoms with E-state index in [9.17, 15) is 8.78 Å². The number of nitrogens with one attached hydrogen (secondary N) is 2. The largest absolute Gasteiger partial charge is 0.317 e. The summed E-state index contributed by atoms with van der Waals surface area (Å²) in [7, 11) is 0. The van der Waals surface area contributed by atoms with Crippen molar-refractivity contribution in [1.82, 2.24) is 10.6 Å². The maximum atomic E-state index is 13.3. The first kappa shape index (κ1) is 12.5. The van der Waals surface area contributed by atoms with Crippen LogP contribution in [0.2, 0.25) is 0 Å². The van der Waals surface area contributed by atoms with Crippen molar-refractivity contribution >= 4 is 0 Å². The molecule has 1 aliphatic rings. The van der Waals surface area contributed by atoms with Gasteiger partial charge in [0.05, 0.1) is 0 Å². The fourth-order valence-electron chi connectivity index (χ4n) is 2.16. The predicted octanol–water partition coefficient (Wildman–Crippen LogP) is 2.11. The molecule has 1 aromatic rings. The summed E-state index contributed by atoms with van der Waals surface area (Å²) in [6, 6.07) is 3.33. The molecule has 0 spiro atoms. The molecule has 0 aliphatic carbocycles. The fourth-order valence-corrected chi connectivity index (χ4v) is 2.16. The molecular weight excluding hydrogens is 222 g/mol. The second kappa shape index (κ2) is 5.56. The number of benzene rings is 1. The van der Waals surface area contributed by atoms with Crippen LogP contribution in [0.25, 0.3) is 0 Å². The van der Waals surface area contributed by atoms with Crippen molar-refractivity contribution in [3.63, 3.8) is 0 Å². The topological polar surface area (TPSA) is 24.1 Å². The molecule has 1 saturated heterocycles. The standard InChI is InChI=1S/C13H18F2N2/c1-9-10(2-3-12(14)13(9)15)8-17-11-4-6-16-7-5-11/h2-3,11,16-17H,4-8H2,1H3. The molecule has 1 fully saturated rings. The minimum Gasteiger partial charge on any atom is -0.317 e. The molecule has 2 N–H and O–H groups in total. The van der Waals surface area contributed by atoms with Crippen LogP contribution in [0, 0.1) is 18.6 Å². The molecule has 0 bridgehead atoms. The minimum atomic E-state index is -0.770. The van der Waals surface area contributed by atoms with Gasteiger partial charge in [-0.3, -0.25) is 0 Å². The van der Waals surface area contributed by atoms with Gasteiger partial charge in [0, 0.05) is 12.6 Å². The molecule has 94 valence electrons. The van der Waals surface area contributed by atoms with Crippen molar-refractivity contribution in [2.45, 2.75) is 32.4 Å². The molecule has 0 unspecified atom stereocenters. The normalized spacial score (nSPS) is 17.4. The highest BCUT2D eigenvalue weighted by molar-refractivity contribution is 5.28. The Balaban J connectivity index is 1.96. The van der Waals surface area contributed by atoms with Crippen molar-refractivity contribution in [2.24, 2.45) is 0 Å². The van der Waals surface area contributed by atoms with Gasteiger partial charge in [0.1, 0.15) is 0 Å². The van der Waals surface area contributed by atoms with Gasteiger partial charge in [-0.15, -0.1) is 0 Å². The van der Waals surface area contributed by atoms with Gasteiger partial charge in [-0.25, -0.2) is 8.78 Å². The summed E-state index contributed by atoms with van der Waals surface area (Å²) in [6.45, 7) is 4.27. The molecule has 17 heavy (non-hydrogen) atoms. The Labute approximate surface area is 100 Å². The molecule has 2 nitrogen and oxygen atoms in total. The van der Waals surface area contributed by atoms with Gasteiger partial charge in [0.15, 0.2) is 11.6 Å². The zero-order chi connectivity index (χ0) is 12.3. The van der Waals surface area contributed by atoms with Crippen LogP contribution in [0.1, 0.15) is 24.0 Å². The van der Waals surface area contributed by atoms with Gasteiger partial charge < -0.3 is 10.6 Å². The van der Waals surface area contributed by atoms with Crippen LogP contribution in [0.3, 0.4) is 0 Å². The Kier molecular flexibility index (Phi) is 4.07. The number of halogens is 2. The summed E-state index contributed by atoms with van der Waals surface area (Å²) in [5, 5.41) is 6.69. The van der Waals surface area contributed by atoms with E-state index in [4.69, 9.17) is 0 Å². The number of hydrogen-bond acceptors (Lipinski definition) is 2. The van der Waals surface area contributed by atoms with Gasteiger partial charge in [-0.1, -0.05) is 6.07 Å². The van der Waals surface area contributed by atoms with Crippen LogP contribution < -0.4 is 10.6 Å². The Bertz CT molecular complexity index is 387. The zero-order valence-corrected chi connectivity index (χ0v) is 10.0. The molecule has 0 radical (unpaired) electrons. The summed E-state index contributed by atoms with van der Waals surface area (Å²) >= 11 is 0. The van der Waals surface area contributed by atoms with E-state index in [1.165, 1.54) is 6.07 Å². The molecule has 1 aliphatic heterocycles. The van der Waals surface area contributed by atoms with Gasteiger partial charge in [0.25, 0.3) is 0 Å². The van der Waals surface area contributed by atoms with Crippen LogP contribution in [0.5, 0.6) is 0 Å². The lowest BCUT2D eigenvalue weighted by molar-refractivity contribution is 0.385. The molecule has 4 heteroatoms. The maximum Gasteiger partial charge on any atom is 0.162 e. The van der Waals surface area contributed by atoms with Crippen molar-refractivity contribution in [1.29, 1.82) is 0 Å². The number of piperidine rings is 1. The van der Waals surface area contributed by atoms with Crippen LogP contribution in [-0.2, 0) is 6.54 Å². The van der Waals surface area contributed by atoms with Crippen LogP contribution in [0.15, 0.2) is 12.1 Å². The van der Waals surface area contributed by atoms with Gasteiger partial charge in [-0.05, 0) is 50.0 Å². The summed E-state index contributed by atoms with van der Waals surface area (Å²) in [5.74, 6) is -1.50. The maximum absolute atomic E-state index is 13.3. The van der Waals surface area contributed by atoms with E-state index in [2.05, 4.69) is 10.6 Å². The Hall–Kier alpha value is -1.00. The van der Waals surface area contributed by atoms with Crippen LogP contribution in [0.4, 0.5) is 8.78 Å². The van der Waals surface area contributed by atoms with Gasteiger partial charge in [-0.2, -0.15) is 0 Å². The Morgan fingerprint density at radius 2 is 2.00 bits per heavy atom. The minimum absolute atomic E-state index is 0.409. The second-order valence-electron chi connectivity index (χ2n) is 4.55. The first-order chi connectivity index (χ1) is 8.18. The molecule has 0 amide bonds. The molecule has 0 aromatic heterocycles. The van der Waals surface area contributed by atoms with Crippen molar-refractivity contribution < 1.29 is 8.78 Å². The fraction of sp³-hybridized carbons (Fsp3) is 0.538. The highest BCUT2D eigenvalue weighted by Crippen LogP contribution is 2.16. The summed E-state index contributed by atoms with van der Waals surface area (Å²) < 4.78 is 26.3. The van der Waals surface area contributed by atoms with E-state index in [1.54, 1.807) is 13.0 Å². The van der Waals surface area contributed by atoms with Gasteiger partial charge in [0.2, 0.25) is 0 Å². The average molecular weight is 240 g/mol. The van der Waals surface area contributed by atoms with Crippen molar-refractivity contribution in [3.8, 4) is 0 Å². The Morgan fingerprint density at radius 1 is 1.29 bits per heavy atom. The summed E-state index contributed by atoms with van der Waals surface area (Å²) in [6.07, 6.45) is 2.17. The van der Waals surface area contributed by atoms with Gasteiger partial charge >= 0.3 is 0 Å². The van der Waals surface area contributed by atoms with E-state index in [1.807, 2.05) is 0 Å². The predicted molar refractivity (Wildman–Crippen MR) is 63.8 cm³/mol. The second-order valence-corrected chi connectivity index (χ2v) is 4.55. The van der Waals surface area contributed by atoms with E-state index in [-0.39, 0.29) is 0 Å². The first-order valence-corrected chi connectivity index (χ1v) is 6.06. The molecular formula is C13H18F2N2. The third-order valence-electron chi connectivity index (χ3n) is 3.37. The highest BCUT2D eigenvalue weighted by Gasteiger charge is 2.14. The van der Waals surface area contributed by atoms with E-state index >= 15 is 0 Å². The SMILES string of the molecule is Cc1c(CNC2CCNCC2)ccc(F)c1F. The van der Waals surface area contributed by atoms with Crippen molar-refractivity contribution in [2.75, 3.05) is 13.1 Å². The molecule has 0 atom stereocenters. The summed E-state index contributed by atoms with van der Waals surface area (Å²) in [4.78, 5) is 0. The lowest BCUT2D eigenvalue weighted by Crippen LogP contribution is -2.39. The number of hydrogen-bond donors (Lipinski definition) is 2. The third-order valence-corrected chi connectivity index (χ3v) is 3.37. The Morgan fingerprint density at radius 3 is 2.71 bits per heavy atom. The zero-order valence-electron chi connectivity index (χ0n) is 10.0. The average Bonchev–Trinajstić information content (AvgIpc) is 2.36. The van der Waals surface area contributed by atoms with E-state index < -0.39 is 11.6 Å². The number of rotatable bonds is 3. The third kappa shape index (κ3) is 3.01. The van der Waals surface area contributed by atoms with Crippen LogP contribution in [-0.4, -0.2) is 19.1 Å². The molecule has 2 rings (SSSR count). The molecule has 1 heterocycles. The first-order valence-electron chi connectivity index (χ1n) is 6.06. The highest BCUT2D eigenvalue weighted by atomic mass is 19.2. The van der Waals surface area contributed by atoms with Crippen LogP contribution >= 0.6 is 0 Å². The lowest BCUT2D eigenvalue weighted by Gasteiger charge is -2.24. The monoisotopic (exact) mass is 240 g/mol. The molecule has 1 aromatic carbocycles. The van der Waals surface area contributed by atoms with E-state index in [0.717, 1.165) is 31.5 Å².